The Kier molecular flexibility index (Phi) is 4.10. The summed E-state index contributed by atoms with van der Waals surface area (Å²) in [7, 11) is 0. The number of carboxylic acids is 1. The summed E-state index contributed by atoms with van der Waals surface area (Å²) in [4.78, 5) is 22.0. The summed E-state index contributed by atoms with van der Waals surface area (Å²) in [6.45, 7) is 0.299. The summed E-state index contributed by atoms with van der Waals surface area (Å²) < 4.78 is 15.0. The molecule has 20 heavy (non-hydrogen) atoms. The summed E-state index contributed by atoms with van der Waals surface area (Å²) >= 11 is 0. The highest BCUT2D eigenvalue weighted by molar-refractivity contribution is 5.85. The van der Waals surface area contributed by atoms with E-state index < -0.39 is 11.8 Å². The Balaban J connectivity index is 2.30. The van der Waals surface area contributed by atoms with Crippen molar-refractivity contribution in [1.29, 1.82) is 0 Å². The Hall–Kier alpha value is -2.69. The number of hydrogen-bond acceptors (Lipinski definition) is 2. The maximum atomic E-state index is 13.5. The van der Waals surface area contributed by atoms with E-state index in [2.05, 4.69) is 0 Å². The molecule has 1 N–H and O–H groups in total. The molecule has 4 nitrogen and oxygen atoms in total. The number of benzene rings is 1. The summed E-state index contributed by atoms with van der Waals surface area (Å²) in [5, 5.41) is 8.55. The smallest absolute Gasteiger partial charge is 0.328 e. The summed E-state index contributed by atoms with van der Waals surface area (Å²) in [6.07, 6.45) is 3.70. The molecule has 0 atom stereocenters. The van der Waals surface area contributed by atoms with Crippen LogP contribution in [0.3, 0.4) is 0 Å². The average Bonchev–Trinajstić information content (AvgIpc) is 2.42. The van der Waals surface area contributed by atoms with Crippen molar-refractivity contribution in [3.8, 4) is 0 Å². The van der Waals surface area contributed by atoms with Gasteiger partial charge in [-0.3, -0.25) is 4.79 Å². The van der Waals surface area contributed by atoms with Gasteiger partial charge >= 0.3 is 5.97 Å². The van der Waals surface area contributed by atoms with Crippen LogP contribution in [0, 0.1) is 5.82 Å². The molecule has 0 fully saturated rings. The lowest BCUT2D eigenvalue weighted by atomic mass is 10.1. The van der Waals surface area contributed by atoms with Crippen molar-refractivity contribution in [1.82, 2.24) is 4.57 Å². The van der Waals surface area contributed by atoms with Crippen molar-refractivity contribution in [2.24, 2.45) is 0 Å². The van der Waals surface area contributed by atoms with E-state index in [1.165, 1.54) is 28.8 Å². The van der Waals surface area contributed by atoms with Gasteiger partial charge in [-0.2, -0.15) is 0 Å². The number of nitrogens with zero attached hydrogens (tertiary/aromatic N) is 1. The van der Waals surface area contributed by atoms with E-state index >= 15 is 0 Å². The van der Waals surface area contributed by atoms with Gasteiger partial charge in [-0.15, -0.1) is 0 Å². The number of hydrogen-bond donors (Lipinski definition) is 1. The van der Waals surface area contributed by atoms with Gasteiger partial charge in [-0.25, -0.2) is 9.18 Å². The van der Waals surface area contributed by atoms with Crippen LogP contribution in [0.25, 0.3) is 6.08 Å². The van der Waals surface area contributed by atoms with Gasteiger partial charge in [-0.1, -0.05) is 12.1 Å². The topological polar surface area (TPSA) is 59.3 Å². The van der Waals surface area contributed by atoms with Crippen molar-refractivity contribution in [2.45, 2.75) is 6.54 Å². The van der Waals surface area contributed by atoms with Crippen LogP contribution in [-0.2, 0) is 11.3 Å². The third-order valence-electron chi connectivity index (χ3n) is 2.72. The zero-order valence-corrected chi connectivity index (χ0v) is 10.5. The number of rotatable bonds is 4. The molecule has 0 saturated heterocycles. The van der Waals surface area contributed by atoms with Crippen LogP contribution in [-0.4, -0.2) is 15.6 Å². The van der Waals surface area contributed by atoms with Crippen LogP contribution in [0.1, 0.15) is 11.1 Å². The minimum absolute atomic E-state index is 0.153. The zero-order valence-electron chi connectivity index (χ0n) is 10.5. The number of aromatic nitrogens is 1. The molecule has 102 valence electrons. The SMILES string of the molecule is O=C(O)C=Cc1cc(Cn2ccccc2=O)ccc1F. The molecule has 0 unspecified atom stereocenters. The molecule has 0 aliphatic carbocycles. The second kappa shape index (κ2) is 5.97. The van der Waals surface area contributed by atoms with Crippen LogP contribution in [0.5, 0.6) is 0 Å². The molecular formula is C15H12FNO3. The summed E-state index contributed by atoms with van der Waals surface area (Å²) in [5.41, 5.74) is 0.734. The first kappa shape index (κ1) is 13.7. The average molecular weight is 273 g/mol. The van der Waals surface area contributed by atoms with Crippen LogP contribution >= 0.6 is 0 Å². The minimum Gasteiger partial charge on any atom is -0.478 e. The first-order valence-corrected chi connectivity index (χ1v) is 5.91. The van der Waals surface area contributed by atoms with Crippen molar-refractivity contribution in [3.63, 3.8) is 0 Å². The van der Waals surface area contributed by atoms with Gasteiger partial charge in [0, 0.05) is 23.9 Å². The summed E-state index contributed by atoms with van der Waals surface area (Å²) in [6, 6.07) is 9.15. The Morgan fingerprint density at radius 1 is 1.30 bits per heavy atom. The highest BCUT2D eigenvalue weighted by Crippen LogP contribution is 2.13. The van der Waals surface area contributed by atoms with E-state index in [9.17, 15) is 14.0 Å². The summed E-state index contributed by atoms with van der Waals surface area (Å²) in [5.74, 6) is -1.65. The van der Waals surface area contributed by atoms with Gasteiger partial charge in [0.1, 0.15) is 5.82 Å². The van der Waals surface area contributed by atoms with Crippen LogP contribution in [0.4, 0.5) is 4.39 Å². The van der Waals surface area contributed by atoms with E-state index in [-0.39, 0.29) is 11.1 Å². The van der Waals surface area contributed by atoms with Gasteiger partial charge in [0.25, 0.3) is 5.56 Å². The van der Waals surface area contributed by atoms with Gasteiger partial charge in [-0.05, 0) is 29.8 Å². The normalized spacial score (nSPS) is 10.8. The molecule has 0 saturated carbocycles. The predicted octanol–water partition coefficient (Wildman–Crippen LogP) is 2.13. The third-order valence-corrected chi connectivity index (χ3v) is 2.72. The largest absolute Gasteiger partial charge is 0.478 e. The van der Waals surface area contributed by atoms with Crippen molar-refractivity contribution in [2.75, 3.05) is 0 Å². The Morgan fingerprint density at radius 2 is 2.10 bits per heavy atom. The highest BCUT2D eigenvalue weighted by atomic mass is 19.1. The van der Waals surface area contributed by atoms with E-state index in [0.29, 0.717) is 12.1 Å². The number of carboxylic acid groups (broad SMARTS) is 1. The monoisotopic (exact) mass is 273 g/mol. The fraction of sp³-hybridized carbons (Fsp3) is 0.0667. The van der Waals surface area contributed by atoms with Crippen LogP contribution in [0.15, 0.2) is 53.5 Å². The minimum atomic E-state index is -1.14. The van der Waals surface area contributed by atoms with E-state index in [1.807, 2.05) is 0 Å². The Morgan fingerprint density at radius 3 is 2.80 bits per heavy atom. The molecule has 0 bridgehead atoms. The van der Waals surface area contributed by atoms with Gasteiger partial charge < -0.3 is 9.67 Å². The molecule has 0 radical (unpaired) electrons. The van der Waals surface area contributed by atoms with Crippen molar-refractivity contribution in [3.05, 3.63) is 76.0 Å². The van der Waals surface area contributed by atoms with Crippen molar-refractivity contribution >= 4 is 12.0 Å². The second-order valence-electron chi connectivity index (χ2n) is 4.19. The fourth-order valence-corrected chi connectivity index (χ4v) is 1.77. The number of carbonyl (C=O) groups is 1. The molecule has 0 spiro atoms. The second-order valence-corrected chi connectivity index (χ2v) is 4.19. The molecule has 0 aliphatic heterocycles. The van der Waals surface area contributed by atoms with Gasteiger partial charge in [0.05, 0.1) is 6.54 Å². The molecule has 1 aromatic carbocycles. The third kappa shape index (κ3) is 3.41. The van der Waals surface area contributed by atoms with E-state index in [1.54, 1.807) is 24.4 Å². The lowest BCUT2D eigenvalue weighted by molar-refractivity contribution is -0.131. The van der Waals surface area contributed by atoms with Crippen molar-refractivity contribution < 1.29 is 14.3 Å². The molecule has 2 aromatic rings. The highest BCUT2D eigenvalue weighted by Gasteiger charge is 2.03. The lowest BCUT2D eigenvalue weighted by Gasteiger charge is -2.06. The lowest BCUT2D eigenvalue weighted by Crippen LogP contribution is -2.18. The Bertz CT molecular complexity index is 719. The molecule has 0 amide bonds. The van der Waals surface area contributed by atoms with E-state index in [0.717, 1.165) is 6.08 Å². The van der Waals surface area contributed by atoms with Gasteiger partial charge in [0.15, 0.2) is 0 Å². The number of halogens is 1. The van der Waals surface area contributed by atoms with E-state index in [4.69, 9.17) is 5.11 Å². The van der Waals surface area contributed by atoms with Crippen LogP contribution in [0.2, 0.25) is 0 Å². The maximum absolute atomic E-state index is 13.5. The molecule has 1 aromatic heterocycles. The molecule has 1 heterocycles. The maximum Gasteiger partial charge on any atom is 0.328 e. The zero-order chi connectivity index (χ0) is 14.5. The quantitative estimate of drug-likeness (QED) is 0.868. The first-order valence-electron chi connectivity index (χ1n) is 5.91. The predicted molar refractivity (Wildman–Crippen MR) is 72.9 cm³/mol. The fourth-order valence-electron chi connectivity index (χ4n) is 1.77. The number of aliphatic carboxylic acids is 1. The standard InChI is InChI=1S/C15H12FNO3/c16-13-6-4-11(9-12(13)5-7-15(19)20)10-17-8-2-1-3-14(17)18/h1-9H,10H2,(H,19,20). The van der Waals surface area contributed by atoms with Gasteiger partial charge in [0.2, 0.25) is 0 Å². The number of pyridine rings is 1. The molecular weight excluding hydrogens is 261 g/mol. The molecule has 5 heteroatoms. The Labute approximate surface area is 114 Å². The van der Waals surface area contributed by atoms with Crippen LogP contribution < -0.4 is 5.56 Å². The molecule has 2 rings (SSSR count). The molecule has 0 aliphatic rings. The first-order chi connectivity index (χ1) is 9.56.